The summed E-state index contributed by atoms with van der Waals surface area (Å²) in [5.41, 5.74) is 1.42. The van der Waals surface area contributed by atoms with E-state index in [0.717, 1.165) is 21.9 Å². The average molecular weight is 384 g/mol. The van der Waals surface area contributed by atoms with E-state index in [2.05, 4.69) is 5.32 Å². The van der Waals surface area contributed by atoms with E-state index in [0.29, 0.717) is 15.6 Å². The third kappa shape index (κ3) is 4.18. The van der Waals surface area contributed by atoms with Crippen LogP contribution >= 0.6 is 34.5 Å². The van der Waals surface area contributed by atoms with Crippen LogP contribution in [0.25, 0.3) is 0 Å². The Balaban J connectivity index is 2.03. The van der Waals surface area contributed by atoms with Crippen molar-refractivity contribution in [2.75, 3.05) is 0 Å². The number of nitrogens with one attached hydrogen (secondary N) is 1. The lowest BCUT2D eigenvalue weighted by atomic mass is 10.1. The second-order valence-corrected chi connectivity index (χ2v) is 7.19. The fraction of sp³-hybridized carbons (Fsp3) is 0.312. The van der Waals surface area contributed by atoms with Crippen molar-refractivity contribution in [2.24, 2.45) is 0 Å². The monoisotopic (exact) mass is 383 g/mol. The molecule has 1 aromatic carbocycles. The zero-order valence-corrected chi connectivity index (χ0v) is 15.4. The van der Waals surface area contributed by atoms with Crippen LogP contribution in [-0.2, 0) is 11.3 Å². The number of carbonyl (C=O) groups is 1. The molecule has 1 unspecified atom stereocenters. The van der Waals surface area contributed by atoms with Crippen LogP contribution in [0.3, 0.4) is 0 Å². The molecular weight excluding hydrogens is 369 g/mol. The van der Waals surface area contributed by atoms with Crippen molar-refractivity contribution in [3.8, 4) is 6.07 Å². The van der Waals surface area contributed by atoms with Gasteiger partial charge in [-0.25, -0.2) is 0 Å². The lowest BCUT2D eigenvalue weighted by Crippen LogP contribution is -2.29. The van der Waals surface area contributed by atoms with Crippen molar-refractivity contribution in [1.29, 1.82) is 5.26 Å². The van der Waals surface area contributed by atoms with Gasteiger partial charge < -0.3 is 9.88 Å². The van der Waals surface area contributed by atoms with Gasteiger partial charge in [-0.2, -0.15) is 5.26 Å². The van der Waals surface area contributed by atoms with Crippen molar-refractivity contribution < 1.29 is 4.79 Å². The van der Waals surface area contributed by atoms with Gasteiger partial charge in [-0.3, -0.25) is 9.59 Å². The Kier molecular flexibility index (Phi) is 6.05. The fourth-order valence-corrected chi connectivity index (χ4v) is 3.34. The van der Waals surface area contributed by atoms with E-state index in [1.54, 1.807) is 22.8 Å². The number of hydrogen-bond acceptors (Lipinski definition) is 4. The number of amides is 1. The summed E-state index contributed by atoms with van der Waals surface area (Å²) >= 11 is 13.0. The standard InChI is InChI=1S/C16H15Cl2N3O2S/c1-9-10(2)24-16(23)21(9)6-5-15(22)20-14(8-19)11-3-4-12(17)13(18)7-11/h3-4,7,14H,5-6H2,1-2H3,(H,20,22). The van der Waals surface area contributed by atoms with E-state index in [1.807, 2.05) is 19.9 Å². The van der Waals surface area contributed by atoms with Crippen LogP contribution in [0, 0.1) is 25.2 Å². The first-order valence-corrected chi connectivity index (χ1v) is 8.71. The number of benzene rings is 1. The van der Waals surface area contributed by atoms with Crippen LogP contribution in [0.5, 0.6) is 0 Å². The molecule has 0 aliphatic rings. The minimum absolute atomic E-state index is 0.0842. The Morgan fingerprint density at radius 3 is 2.62 bits per heavy atom. The molecule has 1 heterocycles. The molecule has 1 amide bonds. The summed E-state index contributed by atoms with van der Waals surface area (Å²) in [5.74, 6) is -0.317. The maximum atomic E-state index is 12.1. The molecule has 8 heteroatoms. The molecule has 0 fully saturated rings. The fourth-order valence-electron chi connectivity index (χ4n) is 2.17. The van der Waals surface area contributed by atoms with Gasteiger partial charge in [0.1, 0.15) is 6.04 Å². The Morgan fingerprint density at radius 1 is 1.38 bits per heavy atom. The minimum Gasteiger partial charge on any atom is -0.337 e. The number of halogens is 2. The third-order valence-electron chi connectivity index (χ3n) is 3.65. The molecule has 126 valence electrons. The average Bonchev–Trinajstić information content (AvgIpc) is 2.78. The topological polar surface area (TPSA) is 74.9 Å². The van der Waals surface area contributed by atoms with Crippen LogP contribution < -0.4 is 10.2 Å². The number of hydrogen-bond donors (Lipinski definition) is 1. The highest BCUT2D eigenvalue weighted by Gasteiger charge is 2.16. The van der Waals surface area contributed by atoms with Gasteiger partial charge in [-0.1, -0.05) is 40.6 Å². The van der Waals surface area contributed by atoms with Gasteiger partial charge in [0.15, 0.2) is 0 Å². The highest BCUT2D eigenvalue weighted by Crippen LogP contribution is 2.25. The number of nitrogens with zero attached hydrogens (tertiary/aromatic N) is 2. The molecule has 0 aliphatic heterocycles. The summed E-state index contributed by atoms with van der Waals surface area (Å²) < 4.78 is 1.57. The Morgan fingerprint density at radius 2 is 2.08 bits per heavy atom. The lowest BCUT2D eigenvalue weighted by molar-refractivity contribution is -0.121. The Hall–Kier alpha value is -1.81. The maximum Gasteiger partial charge on any atom is 0.307 e. The van der Waals surface area contributed by atoms with E-state index < -0.39 is 6.04 Å². The molecular formula is C16H15Cl2N3O2S. The van der Waals surface area contributed by atoms with Gasteiger partial charge in [-0.15, -0.1) is 0 Å². The van der Waals surface area contributed by atoms with Gasteiger partial charge in [-0.05, 0) is 31.5 Å². The third-order valence-corrected chi connectivity index (χ3v) is 5.38. The molecule has 24 heavy (non-hydrogen) atoms. The predicted octanol–water partition coefficient (Wildman–Crippen LogP) is 3.60. The van der Waals surface area contributed by atoms with Gasteiger partial charge in [0, 0.05) is 23.5 Å². The lowest BCUT2D eigenvalue weighted by Gasteiger charge is -2.13. The highest BCUT2D eigenvalue weighted by molar-refractivity contribution is 7.09. The van der Waals surface area contributed by atoms with Gasteiger partial charge >= 0.3 is 4.87 Å². The number of carbonyl (C=O) groups excluding carboxylic acids is 1. The molecule has 0 spiro atoms. The van der Waals surface area contributed by atoms with Crippen LogP contribution in [0.4, 0.5) is 0 Å². The summed E-state index contributed by atoms with van der Waals surface area (Å²) in [6, 6.07) is 5.96. The first-order chi connectivity index (χ1) is 11.3. The predicted molar refractivity (Wildman–Crippen MR) is 95.6 cm³/mol. The smallest absolute Gasteiger partial charge is 0.307 e. The van der Waals surface area contributed by atoms with Gasteiger partial charge in [0.2, 0.25) is 5.91 Å². The van der Waals surface area contributed by atoms with Crippen molar-refractivity contribution in [3.63, 3.8) is 0 Å². The quantitative estimate of drug-likeness (QED) is 0.856. The number of rotatable bonds is 5. The molecule has 2 rings (SSSR count). The first kappa shape index (κ1) is 18.5. The maximum absolute atomic E-state index is 12.1. The van der Waals surface area contributed by atoms with Crippen molar-refractivity contribution in [1.82, 2.24) is 9.88 Å². The molecule has 5 nitrogen and oxygen atoms in total. The number of aryl methyl sites for hydroxylation is 1. The molecule has 0 saturated carbocycles. The van der Waals surface area contributed by atoms with E-state index in [4.69, 9.17) is 23.2 Å². The molecule has 1 N–H and O–H groups in total. The molecule has 0 bridgehead atoms. The zero-order chi connectivity index (χ0) is 17.9. The Labute approximate surface area is 153 Å². The zero-order valence-electron chi connectivity index (χ0n) is 13.1. The number of aromatic nitrogens is 1. The number of nitriles is 1. The van der Waals surface area contributed by atoms with Crippen molar-refractivity contribution in [2.45, 2.75) is 32.9 Å². The van der Waals surface area contributed by atoms with Crippen LogP contribution in [0.2, 0.25) is 10.0 Å². The summed E-state index contributed by atoms with van der Waals surface area (Å²) in [6.45, 7) is 3.99. The first-order valence-electron chi connectivity index (χ1n) is 7.14. The van der Waals surface area contributed by atoms with Crippen LogP contribution in [0.15, 0.2) is 23.0 Å². The second kappa shape index (κ2) is 7.84. The van der Waals surface area contributed by atoms with E-state index in [-0.39, 0.29) is 23.7 Å². The molecule has 2 aromatic rings. The largest absolute Gasteiger partial charge is 0.337 e. The summed E-state index contributed by atoms with van der Waals surface area (Å²) in [5, 5.41) is 12.6. The normalized spacial score (nSPS) is 11.8. The second-order valence-electron chi connectivity index (χ2n) is 5.21. The molecule has 1 atom stereocenters. The highest BCUT2D eigenvalue weighted by atomic mass is 35.5. The van der Waals surface area contributed by atoms with Crippen molar-refractivity contribution in [3.05, 3.63) is 54.0 Å². The Bertz CT molecular complexity index is 867. The van der Waals surface area contributed by atoms with E-state index in [9.17, 15) is 14.9 Å². The summed E-state index contributed by atoms with van der Waals surface area (Å²) in [7, 11) is 0. The molecule has 0 saturated heterocycles. The van der Waals surface area contributed by atoms with E-state index in [1.165, 1.54) is 0 Å². The van der Waals surface area contributed by atoms with E-state index >= 15 is 0 Å². The molecule has 0 aliphatic carbocycles. The molecule has 1 aromatic heterocycles. The summed E-state index contributed by atoms with van der Waals surface area (Å²) in [4.78, 5) is 24.8. The summed E-state index contributed by atoms with van der Waals surface area (Å²) in [6.07, 6.45) is 0.108. The van der Waals surface area contributed by atoms with Crippen LogP contribution in [0.1, 0.15) is 28.6 Å². The van der Waals surface area contributed by atoms with Gasteiger partial charge in [0.25, 0.3) is 0 Å². The van der Waals surface area contributed by atoms with Crippen LogP contribution in [-0.4, -0.2) is 10.5 Å². The van der Waals surface area contributed by atoms with Crippen molar-refractivity contribution >= 4 is 40.4 Å². The minimum atomic E-state index is -0.825. The SMILES string of the molecule is Cc1sc(=O)n(CCC(=O)NC(C#N)c2ccc(Cl)c(Cl)c2)c1C. The van der Waals surface area contributed by atoms with Gasteiger partial charge in [0.05, 0.1) is 16.1 Å². The molecule has 0 radical (unpaired) electrons. The number of thiazole rings is 1.